The van der Waals surface area contributed by atoms with Crippen molar-refractivity contribution in [3.63, 3.8) is 0 Å². The van der Waals surface area contributed by atoms with Gasteiger partial charge in [0.05, 0.1) is 5.02 Å². The third-order valence-electron chi connectivity index (χ3n) is 1.15. The predicted molar refractivity (Wildman–Crippen MR) is 40.3 cm³/mol. The summed E-state index contributed by atoms with van der Waals surface area (Å²) in [5, 5.41) is -0.599. The molecule has 78 valence electrons. The Kier molecular flexibility index (Phi) is 2.70. The third-order valence-corrected chi connectivity index (χ3v) is 1.42. The first-order valence-corrected chi connectivity index (χ1v) is 3.54. The molecule has 0 amide bonds. The SMILES string of the molecule is Nc1nc(F)c(Cl)cc1OC(F)(F)F. The van der Waals surface area contributed by atoms with Crippen LogP contribution in [-0.2, 0) is 0 Å². The maximum atomic E-state index is 12.5. The number of hydrogen-bond donors (Lipinski definition) is 1. The van der Waals surface area contributed by atoms with E-state index in [0.29, 0.717) is 6.07 Å². The smallest absolute Gasteiger partial charge is 0.402 e. The van der Waals surface area contributed by atoms with E-state index in [1.807, 2.05) is 0 Å². The Morgan fingerprint density at radius 1 is 1.43 bits per heavy atom. The van der Waals surface area contributed by atoms with Crippen LogP contribution in [-0.4, -0.2) is 11.3 Å². The molecule has 1 heterocycles. The van der Waals surface area contributed by atoms with Crippen molar-refractivity contribution in [2.75, 3.05) is 5.73 Å². The maximum Gasteiger partial charge on any atom is 0.573 e. The Morgan fingerprint density at radius 2 is 2.00 bits per heavy atom. The number of nitrogens with zero attached hydrogens (tertiary/aromatic N) is 1. The molecular weight excluding hydrogens is 228 g/mol. The molecule has 0 saturated heterocycles. The number of nitrogen functional groups attached to an aromatic ring is 1. The van der Waals surface area contributed by atoms with Crippen molar-refractivity contribution >= 4 is 17.4 Å². The van der Waals surface area contributed by atoms with Crippen LogP contribution >= 0.6 is 11.6 Å². The lowest BCUT2D eigenvalue weighted by Crippen LogP contribution is -2.18. The monoisotopic (exact) mass is 230 g/mol. The first-order valence-electron chi connectivity index (χ1n) is 3.17. The average molecular weight is 231 g/mol. The van der Waals surface area contributed by atoms with Crippen molar-refractivity contribution in [1.29, 1.82) is 0 Å². The maximum absolute atomic E-state index is 12.5. The van der Waals surface area contributed by atoms with Gasteiger partial charge in [0.2, 0.25) is 5.95 Å². The van der Waals surface area contributed by atoms with E-state index in [2.05, 4.69) is 9.72 Å². The van der Waals surface area contributed by atoms with Crippen LogP contribution in [0.2, 0.25) is 5.02 Å². The highest BCUT2D eigenvalue weighted by Crippen LogP contribution is 2.30. The van der Waals surface area contributed by atoms with Gasteiger partial charge in [0.1, 0.15) is 0 Å². The summed E-state index contributed by atoms with van der Waals surface area (Å²) in [6.45, 7) is 0. The number of halogens is 5. The van der Waals surface area contributed by atoms with Gasteiger partial charge < -0.3 is 10.5 Å². The Balaban J connectivity index is 3.04. The fraction of sp³-hybridized carbons (Fsp3) is 0.167. The van der Waals surface area contributed by atoms with E-state index in [-0.39, 0.29) is 0 Å². The summed E-state index contributed by atoms with van der Waals surface area (Å²) in [5.74, 6) is -2.70. The zero-order chi connectivity index (χ0) is 10.9. The van der Waals surface area contributed by atoms with Crippen LogP contribution in [0.15, 0.2) is 6.07 Å². The predicted octanol–water partition coefficient (Wildman–Crippen LogP) is 2.35. The standard InChI is InChI=1S/C6H3ClF4N2O/c7-2-1-3(14-6(9,10)11)5(12)13-4(2)8/h1H,(H2,12,13). The summed E-state index contributed by atoms with van der Waals surface area (Å²) in [7, 11) is 0. The van der Waals surface area contributed by atoms with Gasteiger partial charge in [-0.05, 0) is 0 Å². The lowest BCUT2D eigenvalue weighted by atomic mass is 10.4. The van der Waals surface area contributed by atoms with Crippen molar-refractivity contribution < 1.29 is 22.3 Å². The van der Waals surface area contributed by atoms with E-state index in [1.54, 1.807) is 0 Å². The molecule has 0 fully saturated rings. The zero-order valence-electron chi connectivity index (χ0n) is 6.40. The number of pyridine rings is 1. The fourth-order valence-corrected chi connectivity index (χ4v) is 0.811. The Hall–Kier alpha value is -1.24. The van der Waals surface area contributed by atoms with Crippen LogP contribution in [0, 0.1) is 5.95 Å². The molecular formula is C6H3ClF4N2O. The molecule has 0 spiro atoms. The van der Waals surface area contributed by atoms with Gasteiger partial charge in [0.15, 0.2) is 11.6 Å². The van der Waals surface area contributed by atoms with Crippen LogP contribution in [0.3, 0.4) is 0 Å². The number of rotatable bonds is 1. The van der Waals surface area contributed by atoms with Gasteiger partial charge in [-0.3, -0.25) is 0 Å². The molecule has 0 unspecified atom stereocenters. The summed E-state index contributed by atoms with van der Waals surface area (Å²) in [6.07, 6.45) is -4.92. The third kappa shape index (κ3) is 2.63. The second kappa shape index (κ2) is 3.49. The highest BCUT2D eigenvalue weighted by Gasteiger charge is 2.32. The minimum atomic E-state index is -4.92. The van der Waals surface area contributed by atoms with Crippen molar-refractivity contribution in [1.82, 2.24) is 4.98 Å². The molecule has 14 heavy (non-hydrogen) atoms. The largest absolute Gasteiger partial charge is 0.573 e. The molecule has 0 aliphatic heterocycles. The van der Waals surface area contributed by atoms with Gasteiger partial charge in [-0.2, -0.15) is 9.37 Å². The number of aromatic nitrogens is 1. The second-order valence-electron chi connectivity index (χ2n) is 2.19. The van der Waals surface area contributed by atoms with Crippen LogP contribution < -0.4 is 10.5 Å². The summed E-state index contributed by atoms with van der Waals surface area (Å²) in [5.41, 5.74) is 4.96. The van der Waals surface area contributed by atoms with Crippen LogP contribution in [0.4, 0.5) is 23.4 Å². The number of ether oxygens (including phenoxy) is 1. The van der Waals surface area contributed by atoms with Gasteiger partial charge in [-0.25, -0.2) is 0 Å². The Bertz CT molecular complexity index is 354. The highest BCUT2D eigenvalue weighted by molar-refractivity contribution is 6.30. The molecule has 0 aromatic carbocycles. The lowest BCUT2D eigenvalue weighted by Gasteiger charge is -2.10. The van der Waals surface area contributed by atoms with E-state index < -0.39 is 28.9 Å². The van der Waals surface area contributed by atoms with E-state index in [4.69, 9.17) is 17.3 Å². The first-order chi connectivity index (χ1) is 6.29. The molecule has 0 bridgehead atoms. The highest BCUT2D eigenvalue weighted by atomic mass is 35.5. The fourth-order valence-electron chi connectivity index (χ4n) is 0.669. The Morgan fingerprint density at radius 3 is 2.50 bits per heavy atom. The van der Waals surface area contributed by atoms with Crippen molar-refractivity contribution in [2.45, 2.75) is 6.36 Å². The summed E-state index contributed by atoms with van der Waals surface area (Å²) >= 11 is 5.17. The molecule has 0 atom stereocenters. The van der Waals surface area contributed by atoms with Gasteiger partial charge in [-0.15, -0.1) is 13.2 Å². The summed E-state index contributed by atoms with van der Waals surface area (Å²) < 4.78 is 51.1. The van der Waals surface area contributed by atoms with Gasteiger partial charge in [0.25, 0.3) is 0 Å². The minimum Gasteiger partial charge on any atom is -0.402 e. The molecule has 2 N–H and O–H groups in total. The minimum absolute atomic E-state index is 0.599. The quantitative estimate of drug-likeness (QED) is 0.595. The molecule has 1 rings (SSSR count). The summed E-state index contributed by atoms with van der Waals surface area (Å²) in [4.78, 5) is 2.91. The second-order valence-corrected chi connectivity index (χ2v) is 2.60. The van der Waals surface area contributed by atoms with E-state index >= 15 is 0 Å². The number of hydrogen-bond acceptors (Lipinski definition) is 3. The summed E-state index contributed by atoms with van der Waals surface area (Å²) in [6, 6.07) is 0.604. The zero-order valence-corrected chi connectivity index (χ0v) is 7.16. The van der Waals surface area contributed by atoms with Crippen LogP contribution in [0.1, 0.15) is 0 Å². The van der Waals surface area contributed by atoms with Crippen LogP contribution in [0.5, 0.6) is 5.75 Å². The van der Waals surface area contributed by atoms with Crippen molar-refractivity contribution in [2.24, 2.45) is 0 Å². The molecule has 1 aromatic heterocycles. The molecule has 0 saturated carbocycles. The average Bonchev–Trinajstić information content (AvgIpc) is 1.97. The topological polar surface area (TPSA) is 48.1 Å². The van der Waals surface area contributed by atoms with E-state index in [9.17, 15) is 17.6 Å². The number of nitrogens with two attached hydrogens (primary N) is 1. The molecule has 0 aliphatic carbocycles. The van der Waals surface area contributed by atoms with Crippen LogP contribution in [0.25, 0.3) is 0 Å². The van der Waals surface area contributed by atoms with Crippen molar-refractivity contribution in [3.8, 4) is 5.75 Å². The Labute approximate surface area is 80.4 Å². The lowest BCUT2D eigenvalue weighted by molar-refractivity contribution is -0.274. The van der Waals surface area contributed by atoms with Gasteiger partial charge >= 0.3 is 6.36 Å². The molecule has 0 radical (unpaired) electrons. The normalized spacial score (nSPS) is 11.5. The van der Waals surface area contributed by atoms with E-state index in [0.717, 1.165) is 0 Å². The number of alkyl halides is 3. The molecule has 1 aromatic rings. The molecule has 8 heteroatoms. The van der Waals surface area contributed by atoms with Crippen molar-refractivity contribution in [3.05, 3.63) is 17.0 Å². The number of anilines is 1. The molecule has 3 nitrogen and oxygen atoms in total. The van der Waals surface area contributed by atoms with E-state index in [1.165, 1.54) is 0 Å². The first kappa shape index (κ1) is 10.8. The molecule has 0 aliphatic rings. The van der Waals surface area contributed by atoms with Gasteiger partial charge in [0, 0.05) is 6.07 Å². The van der Waals surface area contributed by atoms with Gasteiger partial charge in [-0.1, -0.05) is 11.6 Å².